The highest BCUT2D eigenvalue weighted by atomic mass is 16.3. The number of aliphatic hydroxyl groups excluding tert-OH is 2. The molecule has 0 aliphatic rings. The van der Waals surface area contributed by atoms with Crippen LogP contribution in [0.25, 0.3) is 0 Å². The monoisotopic (exact) mass is 119 g/mol. The molecular weight excluding hydrogens is 108 g/mol. The lowest BCUT2D eigenvalue weighted by Crippen LogP contribution is -2.22. The first-order valence-corrected chi connectivity index (χ1v) is 2.62. The van der Waals surface area contributed by atoms with E-state index in [4.69, 9.17) is 10.2 Å². The van der Waals surface area contributed by atoms with Crippen LogP contribution in [0.15, 0.2) is 0 Å². The largest absolute Gasteiger partial charge is 0.391 e. The molecule has 3 nitrogen and oxygen atoms in total. The molecule has 0 aromatic rings. The van der Waals surface area contributed by atoms with Crippen molar-refractivity contribution < 1.29 is 15.3 Å². The number of hydrogen-bond acceptors (Lipinski definition) is 2. The molecule has 0 spiro atoms. The molecule has 0 rings (SSSR count). The molecule has 0 aromatic carbocycles. The van der Waals surface area contributed by atoms with Crippen molar-refractivity contribution in [3.63, 3.8) is 0 Å². The molecule has 0 bridgehead atoms. The van der Waals surface area contributed by atoms with Gasteiger partial charge in [0, 0.05) is 6.42 Å². The molecule has 2 atom stereocenters. The fraction of sp³-hybridized carbons (Fsp3) is 1.00. The highest BCUT2D eigenvalue weighted by molar-refractivity contribution is 4.59. The van der Waals surface area contributed by atoms with Gasteiger partial charge in [-0.1, -0.05) is 0 Å². The summed E-state index contributed by atoms with van der Waals surface area (Å²) in [7, 11) is 0. The van der Waals surface area contributed by atoms with Crippen LogP contribution in [0.4, 0.5) is 0 Å². The number of hydrogen-bond donors (Lipinski definition) is 2. The Morgan fingerprint density at radius 1 is 1.50 bits per heavy atom. The van der Waals surface area contributed by atoms with Gasteiger partial charge < -0.3 is 10.2 Å². The second kappa shape index (κ2) is 3.83. The van der Waals surface area contributed by atoms with Crippen LogP contribution in [0.3, 0.4) is 0 Å². The third-order valence-electron chi connectivity index (χ3n) is 0.970. The van der Waals surface area contributed by atoms with E-state index in [1.54, 1.807) is 0 Å². The predicted molar refractivity (Wildman–Crippen MR) is 27.9 cm³/mol. The van der Waals surface area contributed by atoms with Gasteiger partial charge in [0.25, 0.3) is 0 Å². The van der Waals surface area contributed by atoms with Crippen molar-refractivity contribution in [1.29, 1.82) is 0 Å². The molecule has 0 aliphatic heterocycles. The van der Waals surface area contributed by atoms with Gasteiger partial charge in [-0.15, -0.1) is 0 Å². The number of aliphatic hydroxyl groups is 2. The van der Waals surface area contributed by atoms with Crippen molar-refractivity contribution in [2.45, 2.75) is 25.6 Å². The van der Waals surface area contributed by atoms with Crippen molar-refractivity contribution in [2.75, 3.05) is 6.61 Å². The smallest absolute Gasteiger partial charge is 0.0847 e. The summed E-state index contributed by atoms with van der Waals surface area (Å²) in [4.78, 5) is 0. The zero-order chi connectivity index (χ0) is 6.57. The molecule has 3 heteroatoms. The average Bonchev–Trinajstić information content (AvgIpc) is 1.67. The zero-order valence-electron chi connectivity index (χ0n) is 4.87. The van der Waals surface area contributed by atoms with Crippen molar-refractivity contribution in [3.8, 4) is 0 Å². The minimum atomic E-state index is -0.840. The van der Waals surface area contributed by atoms with Crippen LogP contribution in [-0.2, 0) is 5.11 Å². The lowest BCUT2D eigenvalue weighted by Gasteiger charge is -2.09. The van der Waals surface area contributed by atoms with E-state index in [2.05, 4.69) is 0 Å². The maximum atomic E-state index is 9.77. The number of rotatable bonds is 3. The zero-order valence-corrected chi connectivity index (χ0v) is 4.87. The molecule has 8 heavy (non-hydrogen) atoms. The Kier molecular flexibility index (Phi) is 3.77. The van der Waals surface area contributed by atoms with E-state index in [0.717, 1.165) is 0 Å². The second-order valence-corrected chi connectivity index (χ2v) is 1.80. The Morgan fingerprint density at radius 3 is 2.12 bits per heavy atom. The summed E-state index contributed by atoms with van der Waals surface area (Å²) in [5.74, 6) is 0. The molecule has 0 heterocycles. The van der Waals surface area contributed by atoms with Crippen LogP contribution in [-0.4, -0.2) is 29.0 Å². The highest BCUT2D eigenvalue weighted by Gasteiger charge is 2.08. The minimum Gasteiger partial charge on any atom is -0.391 e. The summed E-state index contributed by atoms with van der Waals surface area (Å²) in [6.45, 7) is 1.13. The fourth-order valence-electron chi connectivity index (χ4n) is 0.362. The molecule has 49 valence electrons. The molecule has 1 radical (unpaired) electrons. The van der Waals surface area contributed by atoms with Crippen LogP contribution in [0.1, 0.15) is 13.3 Å². The van der Waals surface area contributed by atoms with Gasteiger partial charge in [0.05, 0.1) is 18.8 Å². The molecule has 0 saturated heterocycles. The first kappa shape index (κ1) is 7.88. The summed E-state index contributed by atoms with van der Waals surface area (Å²) in [5, 5.41) is 27.0. The molecule has 0 saturated carbocycles. The first-order chi connectivity index (χ1) is 3.68. The van der Waals surface area contributed by atoms with Crippen LogP contribution in [0.2, 0.25) is 0 Å². The summed E-state index contributed by atoms with van der Waals surface area (Å²) in [6.07, 6.45) is -1.48. The third kappa shape index (κ3) is 2.96. The normalized spacial score (nSPS) is 18.0. The van der Waals surface area contributed by atoms with Gasteiger partial charge >= 0.3 is 0 Å². The molecular formula is C5H11O3. The van der Waals surface area contributed by atoms with Gasteiger partial charge in [-0.25, -0.2) is 5.11 Å². The SMILES string of the molecule is CC(O)C(O)CC[O]. The summed E-state index contributed by atoms with van der Waals surface area (Å²) in [5.41, 5.74) is 0. The minimum absolute atomic E-state index is 0.137. The topological polar surface area (TPSA) is 60.4 Å². The average molecular weight is 119 g/mol. The Hall–Kier alpha value is -0.120. The van der Waals surface area contributed by atoms with Gasteiger partial charge in [-0.3, -0.25) is 0 Å². The van der Waals surface area contributed by atoms with Crippen molar-refractivity contribution in [1.82, 2.24) is 0 Å². The van der Waals surface area contributed by atoms with E-state index >= 15 is 0 Å². The highest BCUT2D eigenvalue weighted by Crippen LogP contribution is 1.95. The standard InChI is InChI=1S/C5H11O3/c1-4(7)5(8)2-3-6/h4-5,7-8H,2-3H2,1H3. The van der Waals surface area contributed by atoms with E-state index < -0.39 is 12.2 Å². The maximum Gasteiger partial charge on any atom is 0.0847 e. The van der Waals surface area contributed by atoms with Crippen molar-refractivity contribution in [2.24, 2.45) is 0 Å². The quantitative estimate of drug-likeness (QED) is 0.528. The molecule has 0 aromatic heterocycles. The van der Waals surface area contributed by atoms with E-state index in [0.29, 0.717) is 0 Å². The fourth-order valence-corrected chi connectivity index (χ4v) is 0.362. The van der Waals surface area contributed by atoms with Gasteiger partial charge in [0.1, 0.15) is 0 Å². The van der Waals surface area contributed by atoms with Crippen LogP contribution < -0.4 is 0 Å². The lowest BCUT2D eigenvalue weighted by atomic mass is 10.2. The van der Waals surface area contributed by atoms with Crippen molar-refractivity contribution in [3.05, 3.63) is 0 Å². The second-order valence-electron chi connectivity index (χ2n) is 1.80. The van der Waals surface area contributed by atoms with Crippen LogP contribution in [0.5, 0.6) is 0 Å². The van der Waals surface area contributed by atoms with Gasteiger partial charge in [0.2, 0.25) is 0 Å². The Balaban J connectivity index is 3.17. The summed E-state index contributed by atoms with van der Waals surface area (Å²) < 4.78 is 0. The van der Waals surface area contributed by atoms with Crippen molar-refractivity contribution >= 4 is 0 Å². The Bertz CT molecular complexity index is 53.6. The van der Waals surface area contributed by atoms with Crippen LogP contribution in [0, 0.1) is 0 Å². The third-order valence-corrected chi connectivity index (χ3v) is 0.970. The molecule has 2 unspecified atom stereocenters. The molecule has 0 fully saturated rings. The van der Waals surface area contributed by atoms with Gasteiger partial charge in [-0.05, 0) is 6.92 Å². The van der Waals surface area contributed by atoms with Crippen LogP contribution >= 0.6 is 0 Å². The molecule has 2 N–H and O–H groups in total. The predicted octanol–water partition coefficient (Wildman–Crippen LogP) is -0.451. The maximum absolute atomic E-state index is 9.77. The Morgan fingerprint density at radius 2 is 2.00 bits per heavy atom. The van der Waals surface area contributed by atoms with E-state index in [1.165, 1.54) is 6.92 Å². The lowest BCUT2D eigenvalue weighted by molar-refractivity contribution is 0.00862. The first-order valence-electron chi connectivity index (χ1n) is 2.62. The molecule has 0 aliphatic carbocycles. The van der Waals surface area contributed by atoms with Gasteiger partial charge in [0.15, 0.2) is 0 Å². The molecule has 0 amide bonds. The van der Waals surface area contributed by atoms with E-state index in [-0.39, 0.29) is 13.0 Å². The Labute approximate surface area is 48.6 Å². The van der Waals surface area contributed by atoms with E-state index in [9.17, 15) is 5.11 Å². The van der Waals surface area contributed by atoms with E-state index in [1.807, 2.05) is 0 Å². The van der Waals surface area contributed by atoms with Gasteiger partial charge in [-0.2, -0.15) is 0 Å². The summed E-state index contributed by atoms with van der Waals surface area (Å²) in [6, 6.07) is 0. The summed E-state index contributed by atoms with van der Waals surface area (Å²) >= 11 is 0.